The average molecular weight is 263 g/mol. The van der Waals surface area contributed by atoms with E-state index in [4.69, 9.17) is 4.52 Å². The van der Waals surface area contributed by atoms with Crippen LogP contribution in [0.3, 0.4) is 0 Å². The smallest absolute Gasteiger partial charge is 0.133 e. The molecule has 0 aliphatic carbocycles. The van der Waals surface area contributed by atoms with Crippen molar-refractivity contribution in [2.45, 2.75) is 17.7 Å². The highest BCUT2D eigenvalue weighted by Crippen LogP contribution is 2.29. The molecule has 3 heterocycles. The van der Waals surface area contributed by atoms with E-state index in [1.807, 2.05) is 18.4 Å². The lowest BCUT2D eigenvalue weighted by Crippen LogP contribution is -1.85. The maximum absolute atomic E-state index is 5.03. The highest BCUT2D eigenvalue weighted by molar-refractivity contribution is 7.98. The fourth-order valence-corrected chi connectivity index (χ4v) is 3.17. The summed E-state index contributed by atoms with van der Waals surface area (Å²) in [5, 5.41) is 8.10. The van der Waals surface area contributed by atoms with Crippen LogP contribution in [-0.4, -0.2) is 15.1 Å². The van der Waals surface area contributed by atoms with Gasteiger partial charge in [0.15, 0.2) is 0 Å². The molecule has 0 amide bonds. The summed E-state index contributed by atoms with van der Waals surface area (Å²) in [6.07, 6.45) is 1.61. The zero-order chi connectivity index (χ0) is 11.7. The fourth-order valence-electron chi connectivity index (χ4n) is 1.51. The molecule has 3 aromatic heterocycles. The van der Waals surface area contributed by atoms with Crippen LogP contribution in [-0.2, 0) is 5.75 Å². The van der Waals surface area contributed by atoms with E-state index in [0.29, 0.717) is 0 Å². The molecule has 17 heavy (non-hydrogen) atoms. The van der Waals surface area contributed by atoms with Gasteiger partial charge in [-0.3, -0.25) is 0 Å². The van der Waals surface area contributed by atoms with Crippen molar-refractivity contribution in [3.05, 3.63) is 35.3 Å². The van der Waals surface area contributed by atoms with E-state index in [1.54, 1.807) is 29.4 Å². The van der Waals surface area contributed by atoms with Crippen LogP contribution in [0.1, 0.15) is 11.5 Å². The monoisotopic (exact) mass is 263 g/mol. The molecule has 0 saturated carbocycles. The summed E-state index contributed by atoms with van der Waals surface area (Å²) < 4.78 is 5.03. The third-order valence-corrected chi connectivity index (χ3v) is 4.12. The second kappa shape index (κ2) is 4.46. The zero-order valence-corrected chi connectivity index (χ0v) is 10.7. The summed E-state index contributed by atoms with van der Waals surface area (Å²) in [5.74, 6) is 1.60. The van der Waals surface area contributed by atoms with Crippen LogP contribution in [0.15, 0.2) is 33.4 Å². The molecule has 0 aliphatic heterocycles. The van der Waals surface area contributed by atoms with Crippen LogP contribution in [0.25, 0.3) is 10.2 Å². The Hall–Kier alpha value is -1.40. The molecule has 3 rings (SSSR count). The number of thiophene rings is 1. The number of aromatic nitrogens is 3. The van der Waals surface area contributed by atoms with Crippen LogP contribution in [0.5, 0.6) is 0 Å². The molecule has 0 aliphatic rings. The van der Waals surface area contributed by atoms with Crippen molar-refractivity contribution < 1.29 is 4.52 Å². The Balaban J connectivity index is 1.83. The Morgan fingerprint density at radius 3 is 3.18 bits per heavy atom. The Labute approximate surface area is 106 Å². The van der Waals surface area contributed by atoms with Gasteiger partial charge < -0.3 is 4.52 Å². The van der Waals surface area contributed by atoms with E-state index in [9.17, 15) is 0 Å². The van der Waals surface area contributed by atoms with Crippen molar-refractivity contribution in [3.8, 4) is 0 Å². The van der Waals surface area contributed by atoms with E-state index in [0.717, 1.165) is 32.4 Å². The number of nitrogens with zero attached hydrogens (tertiary/aromatic N) is 3. The summed E-state index contributed by atoms with van der Waals surface area (Å²) in [7, 11) is 0. The fraction of sp³-hybridized carbons (Fsp3) is 0.182. The number of rotatable bonds is 3. The topological polar surface area (TPSA) is 51.8 Å². The van der Waals surface area contributed by atoms with Crippen LogP contribution in [0.4, 0.5) is 0 Å². The number of thioether (sulfide) groups is 1. The number of hydrogen-bond donors (Lipinski definition) is 0. The first-order valence-electron chi connectivity index (χ1n) is 5.06. The SMILES string of the molecule is Cc1cc(CSc2ncnc3sccc23)no1. The molecule has 6 heteroatoms. The molecule has 0 saturated heterocycles. The van der Waals surface area contributed by atoms with E-state index >= 15 is 0 Å². The number of aryl methyl sites for hydroxylation is 1. The zero-order valence-electron chi connectivity index (χ0n) is 9.08. The second-order valence-electron chi connectivity index (χ2n) is 3.54. The summed E-state index contributed by atoms with van der Waals surface area (Å²) in [6, 6.07) is 4.00. The Morgan fingerprint density at radius 1 is 1.41 bits per heavy atom. The third kappa shape index (κ3) is 2.18. The molecule has 86 valence electrons. The Bertz CT molecular complexity index is 647. The first-order valence-corrected chi connectivity index (χ1v) is 6.92. The van der Waals surface area contributed by atoms with Gasteiger partial charge in [-0.15, -0.1) is 11.3 Å². The molecule has 4 nitrogen and oxygen atoms in total. The molecule has 0 atom stereocenters. The molecular weight excluding hydrogens is 254 g/mol. The van der Waals surface area contributed by atoms with E-state index < -0.39 is 0 Å². The molecule has 0 aromatic carbocycles. The Kier molecular flexibility index (Phi) is 2.82. The molecule has 0 unspecified atom stereocenters. The minimum absolute atomic E-state index is 0.763. The quantitative estimate of drug-likeness (QED) is 0.536. The lowest BCUT2D eigenvalue weighted by Gasteiger charge is -1.98. The number of hydrogen-bond acceptors (Lipinski definition) is 6. The van der Waals surface area contributed by atoms with Gasteiger partial charge in [0, 0.05) is 17.2 Å². The maximum atomic E-state index is 5.03. The number of fused-ring (bicyclic) bond motifs is 1. The highest BCUT2D eigenvalue weighted by Gasteiger charge is 2.07. The van der Waals surface area contributed by atoms with Gasteiger partial charge in [-0.1, -0.05) is 16.9 Å². The lowest BCUT2D eigenvalue weighted by atomic mass is 10.4. The van der Waals surface area contributed by atoms with Gasteiger partial charge in [-0.05, 0) is 18.4 Å². The van der Waals surface area contributed by atoms with Crippen LogP contribution in [0, 0.1) is 6.92 Å². The summed E-state index contributed by atoms with van der Waals surface area (Å²) in [5.41, 5.74) is 0.939. The molecule has 0 spiro atoms. The summed E-state index contributed by atoms with van der Waals surface area (Å²) >= 11 is 3.28. The van der Waals surface area contributed by atoms with E-state index in [1.165, 1.54) is 0 Å². The maximum Gasteiger partial charge on any atom is 0.133 e. The van der Waals surface area contributed by atoms with Crippen molar-refractivity contribution in [1.82, 2.24) is 15.1 Å². The minimum atomic E-state index is 0.763. The van der Waals surface area contributed by atoms with Gasteiger partial charge in [0.25, 0.3) is 0 Å². The van der Waals surface area contributed by atoms with Gasteiger partial charge in [-0.25, -0.2) is 9.97 Å². The summed E-state index contributed by atoms with van der Waals surface area (Å²) in [4.78, 5) is 9.55. The van der Waals surface area contributed by atoms with Crippen molar-refractivity contribution in [1.29, 1.82) is 0 Å². The van der Waals surface area contributed by atoms with Crippen molar-refractivity contribution >= 4 is 33.3 Å². The standard InChI is InChI=1S/C11H9N3OS2/c1-7-4-8(14-15-7)5-17-11-9-2-3-16-10(9)12-6-13-11/h2-4,6H,5H2,1H3. The molecular formula is C11H9N3OS2. The van der Waals surface area contributed by atoms with Crippen molar-refractivity contribution in [2.75, 3.05) is 0 Å². The lowest BCUT2D eigenvalue weighted by molar-refractivity contribution is 0.393. The van der Waals surface area contributed by atoms with Gasteiger partial charge in [0.05, 0.1) is 5.69 Å². The van der Waals surface area contributed by atoms with Crippen LogP contribution < -0.4 is 0 Å². The van der Waals surface area contributed by atoms with Gasteiger partial charge in [0.1, 0.15) is 21.9 Å². The summed E-state index contributed by atoms with van der Waals surface area (Å²) in [6.45, 7) is 1.89. The normalized spacial score (nSPS) is 11.1. The van der Waals surface area contributed by atoms with Crippen LogP contribution >= 0.6 is 23.1 Å². The van der Waals surface area contributed by atoms with E-state index in [-0.39, 0.29) is 0 Å². The third-order valence-electron chi connectivity index (χ3n) is 2.26. The van der Waals surface area contributed by atoms with E-state index in [2.05, 4.69) is 21.2 Å². The van der Waals surface area contributed by atoms with Crippen molar-refractivity contribution in [3.63, 3.8) is 0 Å². The first-order chi connectivity index (χ1) is 8.33. The predicted octanol–water partition coefficient (Wildman–Crippen LogP) is 3.28. The molecule has 0 radical (unpaired) electrons. The largest absolute Gasteiger partial charge is 0.361 e. The molecule has 0 bridgehead atoms. The highest BCUT2D eigenvalue weighted by atomic mass is 32.2. The Morgan fingerprint density at radius 2 is 2.35 bits per heavy atom. The molecule has 3 aromatic rings. The van der Waals surface area contributed by atoms with Gasteiger partial charge >= 0.3 is 0 Å². The first kappa shape index (κ1) is 10.7. The van der Waals surface area contributed by atoms with Crippen molar-refractivity contribution in [2.24, 2.45) is 0 Å². The molecule has 0 N–H and O–H groups in total. The van der Waals surface area contributed by atoms with Gasteiger partial charge in [-0.2, -0.15) is 0 Å². The second-order valence-corrected chi connectivity index (χ2v) is 5.39. The van der Waals surface area contributed by atoms with Crippen LogP contribution in [0.2, 0.25) is 0 Å². The predicted molar refractivity (Wildman–Crippen MR) is 68.2 cm³/mol. The van der Waals surface area contributed by atoms with Gasteiger partial charge in [0.2, 0.25) is 0 Å². The minimum Gasteiger partial charge on any atom is -0.361 e. The molecule has 0 fully saturated rings. The average Bonchev–Trinajstić information content (AvgIpc) is 2.94.